The van der Waals surface area contributed by atoms with E-state index < -0.39 is 62.1 Å². The molecule has 11 heteroatoms. The van der Waals surface area contributed by atoms with Crippen LogP contribution in [0.25, 0.3) is 0 Å². The lowest BCUT2D eigenvalue weighted by atomic mass is 9.91. The molecule has 0 bridgehead atoms. The molecule has 1 N–H and O–H groups in total. The van der Waals surface area contributed by atoms with Gasteiger partial charge in [0.25, 0.3) is 0 Å². The second-order valence-electron chi connectivity index (χ2n) is 4.71. The molecule has 0 saturated heterocycles. The van der Waals surface area contributed by atoms with E-state index in [0.29, 0.717) is 6.07 Å². The molecule has 0 heterocycles. The SMILES string of the molecule is CC[S@@](=O)c1c(C(F)(C(F)(F)F)C(F)(F)F)ccc(C(=O)O)c1C. The summed E-state index contributed by atoms with van der Waals surface area (Å²) in [5.41, 5.74) is -8.97. The lowest BCUT2D eigenvalue weighted by Gasteiger charge is -2.32. The molecule has 0 aliphatic heterocycles. The van der Waals surface area contributed by atoms with E-state index in [1.54, 1.807) is 0 Å². The minimum absolute atomic E-state index is 0.0698. The number of carboxylic acid groups (broad SMARTS) is 1. The van der Waals surface area contributed by atoms with Crippen molar-refractivity contribution in [2.75, 3.05) is 5.75 Å². The molecule has 136 valence electrons. The Balaban J connectivity index is 3.97. The third kappa shape index (κ3) is 3.13. The fourth-order valence-electron chi connectivity index (χ4n) is 2.10. The van der Waals surface area contributed by atoms with Gasteiger partial charge in [0.1, 0.15) is 0 Å². The van der Waals surface area contributed by atoms with E-state index in [0.717, 1.165) is 6.92 Å². The van der Waals surface area contributed by atoms with E-state index in [9.17, 15) is 39.7 Å². The Kier molecular flexibility index (Phi) is 5.39. The van der Waals surface area contributed by atoms with Crippen molar-refractivity contribution < 1.29 is 44.8 Å². The van der Waals surface area contributed by atoms with Gasteiger partial charge in [-0.25, -0.2) is 9.18 Å². The fourth-order valence-corrected chi connectivity index (χ4v) is 3.29. The summed E-state index contributed by atoms with van der Waals surface area (Å²) in [6.07, 6.45) is -12.8. The van der Waals surface area contributed by atoms with Crippen LogP contribution in [0.2, 0.25) is 0 Å². The van der Waals surface area contributed by atoms with Gasteiger partial charge in [-0.3, -0.25) is 4.21 Å². The molecule has 0 aromatic heterocycles. The van der Waals surface area contributed by atoms with Crippen molar-refractivity contribution in [3.8, 4) is 0 Å². The van der Waals surface area contributed by atoms with E-state index in [1.807, 2.05) is 0 Å². The predicted molar refractivity (Wildman–Crippen MR) is 70.0 cm³/mol. The second-order valence-corrected chi connectivity index (χ2v) is 6.38. The minimum Gasteiger partial charge on any atom is -0.478 e. The van der Waals surface area contributed by atoms with Crippen LogP contribution in [0.3, 0.4) is 0 Å². The highest BCUT2D eigenvalue weighted by atomic mass is 32.2. The maximum Gasteiger partial charge on any atom is 0.435 e. The number of halogens is 7. The number of aromatic carboxylic acids is 1. The van der Waals surface area contributed by atoms with Gasteiger partial charge in [0, 0.05) is 16.2 Å². The first-order valence-electron chi connectivity index (χ1n) is 6.28. The Morgan fingerprint density at radius 3 is 1.88 bits per heavy atom. The Hall–Kier alpha value is -1.65. The summed E-state index contributed by atoms with van der Waals surface area (Å²) < 4.78 is 104. The molecule has 0 radical (unpaired) electrons. The van der Waals surface area contributed by atoms with Crippen LogP contribution in [0.5, 0.6) is 0 Å². The number of hydrogen-bond donors (Lipinski definition) is 1. The first-order chi connectivity index (χ1) is 10.7. The number of rotatable bonds is 4. The van der Waals surface area contributed by atoms with Gasteiger partial charge in [-0.15, -0.1) is 0 Å². The zero-order valence-corrected chi connectivity index (χ0v) is 13.0. The summed E-state index contributed by atoms with van der Waals surface area (Å²) in [5, 5.41) is 8.92. The zero-order valence-electron chi connectivity index (χ0n) is 12.2. The number of carboxylic acids is 1. The first kappa shape index (κ1) is 20.4. The quantitative estimate of drug-likeness (QED) is 0.800. The van der Waals surface area contributed by atoms with Crippen molar-refractivity contribution >= 4 is 16.8 Å². The third-order valence-electron chi connectivity index (χ3n) is 3.28. The van der Waals surface area contributed by atoms with Crippen molar-refractivity contribution in [2.24, 2.45) is 0 Å². The Labute approximate surface area is 133 Å². The minimum atomic E-state index is -6.38. The van der Waals surface area contributed by atoms with Crippen molar-refractivity contribution in [3.63, 3.8) is 0 Å². The maximum absolute atomic E-state index is 14.3. The van der Waals surface area contributed by atoms with Crippen molar-refractivity contribution in [1.29, 1.82) is 0 Å². The van der Waals surface area contributed by atoms with E-state index in [1.165, 1.54) is 6.92 Å². The summed E-state index contributed by atoms with van der Waals surface area (Å²) >= 11 is 0. The Bertz CT molecular complexity index is 665. The van der Waals surface area contributed by atoms with Crippen molar-refractivity contribution in [3.05, 3.63) is 28.8 Å². The molecule has 1 aromatic carbocycles. The van der Waals surface area contributed by atoms with E-state index in [2.05, 4.69) is 0 Å². The number of benzene rings is 1. The summed E-state index contributed by atoms with van der Waals surface area (Å²) in [4.78, 5) is 9.89. The number of hydrogen-bond acceptors (Lipinski definition) is 2. The van der Waals surface area contributed by atoms with Crippen molar-refractivity contribution in [2.45, 2.75) is 36.8 Å². The molecule has 0 amide bonds. The van der Waals surface area contributed by atoms with Crippen LogP contribution >= 0.6 is 0 Å². The Morgan fingerprint density at radius 2 is 1.54 bits per heavy atom. The highest BCUT2D eigenvalue weighted by Crippen LogP contribution is 2.54. The molecule has 0 spiro atoms. The largest absolute Gasteiger partial charge is 0.478 e. The molecule has 0 saturated carbocycles. The van der Waals surface area contributed by atoms with Crippen LogP contribution in [-0.4, -0.2) is 33.4 Å². The zero-order chi connectivity index (χ0) is 19.1. The highest BCUT2D eigenvalue weighted by molar-refractivity contribution is 7.85. The average Bonchev–Trinajstić information content (AvgIpc) is 2.42. The van der Waals surface area contributed by atoms with Gasteiger partial charge in [0.2, 0.25) is 0 Å². The lowest BCUT2D eigenvalue weighted by Crippen LogP contribution is -2.51. The molecule has 0 unspecified atom stereocenters. The van der Waals surface area contributed by atoms with Gasteiger partial charge in [-0.1, -0.05) is 13.0 Å². The third-order valence-corrected chi connectivity index (χ3v) is 4.78. The molecule has 0 aliphatic rings. The monoisotopic (exact) mass is 380 g/mol. The second kappa shape index (κ2) is 6.34. The lowest BCUT2D eigenvalue weighted by molar-refractivity contribution is -0.349. The molecular formula is C13H11F7O3S. The maximum atomic E-state index is 14.3. The summed E-state index contributed by atoms with van der Waals surface area (Å²) in [5.74, 6) is -2.08. The van der Waals surface area contributed by atoms with Crippen LogP contribution in [0.4, 0.5) is 30.7 Å². The standard InChI is InChI=1S/C13H11F7O3S/c1-3-24(23)9-6(2)7(10(21)22)4-5-8(9)11(14,12(15,16)17)13(18,19)20/h4-5H,3H2,1-2H3,(H,21,22)/t24-/m1/s1. The number of carbonyl (C=O) groups is 1. The summed E-state index contributed by atoms with van der Waals surface area (Å²) in [6, 6.07) is 0.496. The summed E-state index contributed by atoms with van der Waals surface area (Å²) in [6.45, 7) is 2.07. The topological polar surface area (TPSA) is 54.4 Å². The van der Waals surface area contributed by atoms with E-state index in [-0.39, 0.29) is 6.07 Å². The van der Waals surface area contributed by atoms with Gasteiger partial charge in [0.15, 0.2) is 0 Å². The molecule has 1 atom stereocenters. The molecule has 1 aromatic rings. The molecule has 3 nitrogen and oxygen atoms in total. The van der Waals surface area contributed by atoms with Gasteiger partial charge < -0.3 is 5.11 Å². The van der Waals surface area contributed by atoms with Gasteiger partial charge in [-0.2, -0.15) is 26.3 Å². The van der Waals surface area contributed by atoms with Crippen LogP contribution in [0, 0.1) is 6.92 Å². The van der Waals surface area contributed by atoms with Crippen LogP contribution in [0.15, 0.2) is 17.0 Å². The first-order valence-corrected chi connectivity index (χ1v) is 7.60. The Morgan fingerprint density at radius 1 is 1.08 bits per heavy atom. The fraction of sp³-hybridized carbons (Fsp3) is 0.462. The van der Waals surface area contributed by atoms with Gasteiger partial charge >= 0.3 is 24.0 Å². The molecule has 0 aliphatic carbocycles. The van der Waals surface area contributed by atoms with Crippen LogP contribution < -0.4 is 0 Å². The normalized spacial score (nSPS) is 14.5. The molecule has 1 rings (SSSR count). The number of alkyl halides is 7. The van der Waals surface area contributed by atoms with Crippen molar-refractivity contribution in [1.82, 2.24) is 0 Å². The smallest absolute Gasteiger partial charge is 0.435 e. The van der Waals surface area contributed by atoms with E-state index >= 15 is 0 Å². The van der Waals surface area contributed by atoms with Gasteiger partial charge in [-0.05, 0) is 18.6 Å². The molecule has 0 fully saturated rings. The highest BCUT2D eigenvalue weighted by Gasteiger charge is 2.74. The average molecular weight is 380 g/mol. The molecular weight excluding hydrogens is 369 g/mol. The van der Waals surface area contributed by atoms with E-state index in [4.69, 9.17) is 5.11 Å². The predicted octanol–water partition coefficient (Wildman–Crippen LogP) is 4.11. The van der Waals surface area contributed by atoms with Crippen LogP contribution in [-0.2, 0) is 16.5 Å². The summed E-state index contributed by atoms with van der Waals surface area (Å²) in [7, 11) is -2.46. The van der Waals surface area contributed by atoms with Gasteiger partial charge in [0.05, 0.1) is 16.4 Å². The molecule has 24 heavy (non-hydrogen) atoms. The van der Waals surface area contributed by atoms with Crippen LogP contribution in [0.1, 0.15) is 28.4 Å².